The van der Waals surface area contributed by atoms with Crippen LogP contribution in [0.1, 0.15) is 19.9 Å². The molecule has 3 nitrogen and oxygen atoms in total. The topological polar surface area (TPSA) is 30.7 Å². The van der Waals surface area contributed by atoms with Crippen LogP contribution in [-0.4, -0.2) is 14.8 Å². The Bertz CT molecular complexity index is 233. The number of hydrogen-bond donors (Lipinski definition) is 0. The van der Waals surface area contributed by atoms with Gasteiger partial charge in [-0.1, -0.05) is 0 Å². The number of rotatable bonds is 1. The van der Waals surface area contributed by atoms with Gasteiger partial charge in [-0.2, -0.15) is 4.98 Å². The molecule has 0 unspecified atom stereocenters. The molecule has 56 valence electrons. The van der Waals surface area contributed by atoms with Crippen LogP contribution in [0.3, 0.4) is 0 Å². The summed E-state index contributed by atoms with van der Waals surface area (Å²) >= 11 is 5.39. The van der Waals surface area contributed by atoms with E-state index in [0.29, 0.717) is 6.04 Å². The molecule has 1 aromatic rings. The summed E-state index contributed by atoms with van der Waals surface area (Å²) in [7, 11) is 0. The first kappa shape index (κ1) is 8.45. The second-order valence-corrected chi connectivity index (χ2v) is 3.86. The molecule has 0 spiro atoms. The van der Waals surface area contributed by atoms with Gasteiger partial charge in [0.25, 0.3) is 0 Å². The molecule has 1 heterocycles. The van der Waals surface area contributed by atoms with Crippen LogP contribution in [0.2, 0.25) is 0 Å². The lowest BCUT2D eigenvalue weighted by atomic mass is 10.4. The van der Waals surface area contributed by atoms with Crippen molar-refractivity contribution in [3.8, 4) is 0 Å². The van der Waals surface area contributed by atoms with Gasteiger partial charge in [0.05, 0.1) is 0 Å². The molecule has 5 heteroatoms. The standard InChI is InChI=1S/C5H7BrIN3/c1-3(2)10-4(6)8-5(7)9-10/h3H,1-2H3. The smallest absolute Gasteiger partial charge is 0.212 e. The molecule has 0 saturated heterocycles. The van der Waals surface area contributed by atoms with E-state index in [-0.39, 0.29) is 0 Å². The molecular weight excluding hydrogens is 309 g/mol. The van der Waals surface area contributed by atoms with Gasteiger partial charge < -0.3 is 0 Å². The minimum Gasteiger partial charge on any atom is -0.237 e. The van der Waals surface area contributed by atoms with Crippen molar-refractivity contribution in [1.29, 1.82) is 0 Å². The summed E-state index contributed by atoms with van der Waals surface area (Å²) < 4.78 is 3.41. The molecule has 0 N–H and O–H groups in total. The molecule has 0 radical (unpaired) electrons. The highest BCUT2D eigenvalue weighted by Gasteiger charge is 2.06. The molecule has 0 amide bonds. The lowest BCUT2D eigenvalue weighted by Gasteiger charge is -2.03. The first-order chi connectivity index (χ1) is 4.61. The molecule has 0 bridgehead atoms. The predicted octanol–water partition coefficient (Wildman–Crippen LogP) is 2.23. The Morgan fingerprint density at radius 2 is 2.20 bits per heavy atom. The Morgan fingerprint density at radius 1 is 1.60 bits per heavy atom. The van der Waals surface area contributed by atoms with E-state index in [1.54, 1.807) is 0 Å². The zero-order chi connectivity index (χ0) is 7.72. The van der Waals surface area contributed by atoms with Crippen LogP contribution in [-0.2, 0) is 0 Å². The first-order valence-electron chi connectivity index (χ1n) is 2.89. The highest BCUT2D eigenvalue weighted by molar-refractivity contribution is 14.1. The third kappa shape index (κ3) is 1.69. The van der Waals surface area contributed by atoms with E-state index in [2.05, 4.69) is 62.5 Å². The van der Waals surface area contributed by atoms with E-state index in [0.717, 1.165) is 8.56 Å². The van der Waals surface area contributed by atoms with Gasteiger partial charge in [0.2, 0.25) is 3.83 Å². The van der Waals surface area contributed by atoms with Crippen molar-refractivity contribution < 1.29 is 0 Å². The van der Waals surface area contributed by atoms with Gasteiger partial charge in [-0.05, 0) is 29.8 Å². The van der Waals surface area contributed by atoms with Gasteiger partial charge in [0, 0.05) is 28.6 Å². The average Bonchev–Trinajstić information content (AvgIpc) is 2.10. The van der Waals surface area contributed by atoms with Crippen molar-refractivity contribution in [3.63, 3.8) is 0 Å². The fourth-order valence-electron chi connectivity index (χ4n) is 0.608. The van der Waals surface area contributed by atoms with Crippen molar-refractivity contribution >= 4 is 38.5 Å². The number of halogens is 2. The van der Waals surface area contributed by atoms with E-state index in [4.69, 9.17) is 0 Å². The highest BCUT2D eigenvalue weighted by Crippen LogP contribution is 2.13. The molecular formula is C5H7BrIN3. The maximum atomic E-state index is 4.16. The average molecular weight is 316 g/mol. The summed E-state index contributed by atoms with van der Waals surface area (Å²) in [6.07, 6.45) is 0. The summed E-state index contributed by atoms with van der Waals surface area (Å²) in [5, 5.41) is 4.16. The van der Waals surface area contributed by atoms with Crippen LogP contribution in [0.25, 0.3) is 0 Å². The van der Waals surface area contributed by atoms with E-state index in [1.165, 1.54) is 0 Å². The van der Waals surface area contributed by atoms with Crippen molar-refractivity contribution in [3.05, 3.63) is 8.56 Å². The fraction of sp³-hybridized carbons (Fsp3) is 0.600. The lowest BCUT2D eigenvalue weighted by Crippen LogP contribution is -2.02. The maximum Gasteiger partial charge on any atom is 0.212 e. The summed E-state index contributed by atoms with van der Waals surface area (Å²) in [4.78, 5) is 4.09. The van der Waals surface area contributed by atoms with Gasteiger partial charge in [-0.3, -0.25) is 0 Å². The van der Waals surface area contributed by atoms with Gasteiger partial charge in [0.1, 0.15) is 0 Å². The van der Waals surface area contributed by atoms with Crippen molar-refractivity contribution in [2.75, 3.05) is 0 Å². The van der Waals surface area contributed by atoms with Crippen LogP contribution < -0.4 is 0 Å². The number of aromatic nitrogens is 3. The van der Waals surface area contributed by atoms with E-state index in [9.17, 15) is 0 Å². The highest BCUT2D eigenvalue weighted by atomic mass is 127. The van der Waals surface area contributed by atoms with Crippen LogP contribution in [0.15, 0.2) is 4.73 Å². The Labute approximate surface area is 81.5 Å². The van der Waals surface area contributed by atoms with Crippen molar-refractivity contribution in [2.24, 2.45) is 0 Å². The minimum absolute atomic E-state index is 0.366. The Balaban J connectivity index is 3.03. The van der Waals surface area contributed by atoms with Gasteiger partial charge in [0.15, 0.2) is 4.73 Å². The molecule has 0 atom stereocenters. The third-order valence-electron chi connectivity index (χ3n) is 1.05. The fourth-order valence-corrected chi connectivity index (χ4v) is 2.06. The SMILES string of the molecule is CC(C)n1nc(I)nc1Br. The Kier molecular flexibility index (Phi) is 2.67. The summed E-state index contributed by atoms with van der Waals surface area (Å²) in [6.45, 7) is 4.13. The molecule has 0 fully saturated rings. The molecule has 0 saturated carbocycles. The molecule has 10 heavy (non-hydrogen) atoms. The Morgan fingerprint density at radius 3 is 2.40 bits per heavy atom. The minimum atomic E-state index is 0.366. The van der Waals surface area contributed by atoms with Crippen LogP contribution in [0, 0.1) is 3.83 Å². The summed E-state index contributed by atoms with van der Waals surface area (Å²) in [5.41, 5.74) is 0. The molecule has 0 aliphatic rings. The van der Waals surface area contributed by atoms with E-state index >= 15 is 0 Å². The second-order valence-electron chi connectivity index (χ2n) is 2.19. The molecule has 0 aromatic carbocycles. The first-order valence-corrected chi connectivity index (χ1v) is 4.76. The molecule has 1 rings (SSSR count). The quantitative estimate of drug-likeness (QED) is 0.744. The van der Waals surface area contributed by atoms with Crippen molar-refractivity contribution in [2.45, 2.75) is 19.9 Å². The predicted molar refractivity (Wildman–Crippen MR) is 50.8 cm³/mol. The monoisotopic (exact) mass is 315 g/mol. The van der Waals surface area contributed by atoms with Crippen molar-refractivity contribution in [1.82, 2.24) is 14.8 Å². The van der Waals surface area contributed by atoms with E-state index < -0.39 is 0 Å². The summed E-state index contributed by atoms with van der Waals surface area (Å²) in [5.74, 6) is 0. The summed E-state index contributed by atoms with van der Waals surface area (Å²) in [6, 6.07) is 0.366. The molecule has 1 aromatic heterocycles. The molecule has 0 aliphatic carbocycles. The second kappa shape index (κ2) is 3.17. The zero-order valence-corrected chi connectivity index (χ0v) is 9.42. The zero-order valence-electron chi connectivity index (χ0n) is 5.67. The Hall–Kier alpha value is 0.350. The number of nitrogens with zero attached hydrogens (tertiary/aromatic N) is 3. The lowest BCUT2D eigenvalue weighted by molar-refractivity contribution is 0.517. The van der Waals surface area contributed by atoms with Crippen LogP contribution >= 0.6 is 38.5 Å². The van der Waals surface area contributed by atoms with Gasteiger partial charge in [-0.15, -0.1) is 5.10 Å². The van der Waals surface area contributed by atoms with Gasteiger partial charge >= 0.3 is 0 Å². The number of hydrogen-bond acceptors (Lipinski definition) is 2. The van der Waals surface area contributed by atoms with Crippen LogP contribution in [0.5, 0.6) is 0 Å². The normalized spacial score (nSPS) is 10.9. The third-order valence-corrected chi connectivity index (χ3v) is 2.05. The largest absolute Gasteiger partial charge is 0.237 e. The molecule has 0 aliphatic heterocycles. The van der Waals surface area contributed by atoms with Crippen LogP contribution in [0.4, 0.5) is 0 Å². The van der Waals surface area contributed by atoms with Gasteiger partial charge in [-0.25, -0.2) is 4.68 Å². The maximum absolute atomic E-state index is 4.16. The van der Waals surface area contributed by atoms with E-state index in [1.807, 2.05) is 4.68 Å².